The van der Waals surface area contributed by atoms with E-state index in [2.05, 4.69) is 24.1 Å². The number of anilines is 1. The van der Waals surface area contributed by atoms with Gasteiger partial charge in [-0.25, -0.2) is 9.18 Å². The lowest BCUT2D eigenvalue weighted by Gasteiger charge is -2.46. The third kappa shape index (κ3) is 5.95. The molecular formula is C29H37FN6O4. The smallest absolute Gasteiger partial charge is 0.407 e. The number of halogens is 1. The number of piperazine rings is 2. The predicted molar refractivity (Wildman–Crippen MR) is 148 cm³/mol. The molecule has 2 N–H and O–H groups in total. The van der Waals surface area contributed by atoms with Crippen molar-refractivity contribution in [2.75, 3.05) is 57.3 Å². The van der Waals surface area contributed by atoms with Gasteiger partial charge in [-0.2, -0.15) is 0 Å². The highest BCUT2D eigenvalue weighted by atomic mass is 19.1. The molecule has 0 bridgehead atoms. The lowest BCUT2D eigenvalue weighted by molar-refractivity contribution is -0.125. The third-order valence-electron chi connectivity index (χ3n) is 8.16. The number of nitrogens with zero attached hydrogens (tertiary/aromatic N) is 5. The van der Waals surface area contributed by atoms with Crippen LogP contribution in [0.2, 0.25) is 0 Å². The van der Waals surface area contributed by atoms with Gasteiger partial charge in [-0.15, -0.1) is 0 Å². The first-order valence-electron chi connectivity index (χ1n) is 13.8. The van der Waals surface area contributed by atoms with Crippen molar-refractivity contribution >= 4 is 23.6 Å². The van der Waals surface area contributed by atoms with Crippen LogP contribution in [0.1, 0.15) is 37.6 Å². The number of pyridine rings is 1. The molecule has 0 aliphatic carbocycles. The van der Waals surface area contributed by atoms with Crippen LogP contribution in [0, 0.1) is 5.82 Å². The van der Waals surface area contributed by atoms with Crippen LogP contribution >= 0.6 is 0 Å². The van der Waals surface area contributed by atoms with Gasteiger partial charge in [0.1, 0.15) is 5.82 Å². The number of carbonyl (C=O) groups is 3. The van der Waals surface area contributed by atoms with E-state index in [0.29, 0.717) is 39.1 Å². The molecule has 0 unspecified atom stereocenters. The molecule has 3 aliphatic heterocycles. The van der Waals surface area contributed by atoms with Crippen LogP contribution in [0.3, 0.4) is 0 Å². The SMILES string of the molecule is C[C@@H]1CN(CC(=O)N2CC(C)(C)c3ncc(Cc4ccc(F)cc4)cc32)[C@@H](CN2CCNC(=O)C2)CN1C(=O)O. The summed E-state index contributed by atoms with van der Waals surface area (Å²) in [6.45, 7) is 9.33. The van der Waals surface area contributed by atoms with E-state index in [0.717, 1.165) is 22.5 Å². The first-order valence-corrected chi connectivity index (χ1v) is 13.8. The van der Waals surface area contributed by atoms with E-state index in [1.165, 1.54) is 17.0 Å². The Labute approximate surface area is 233 Å². The molecule has 3 aliphatic rings. The lowest BCUT2D eigenvalue weighted by atomic mass is 9.91. The van der Waals surface area contributed by atoms with Crippen LogP contribution in [0.4, 0.5) is 14.9 Å². The van der Waals surface area contributed by atoms with Crippen LogP contribution in [-0.4, -0.2) is 107 Å². The number of nitrogens with one attached hydrogen (secondary N) is 1. The van der Waals surface area contributed by atoms with E-state index in [9.17, 15) is 23.9 Å². The number of aromatic nitrogens is 1. The fourth-order valence-corrected chi connectivity index (χ4v) is 6.08. The molecule has 4 heterocycles. The van der Waals surface area contributed by atoms with E-state index < -0.39 is 6.09 Å². The minimum atomic E-state index is -0.977. The maximum Gasteiger partial charge on any atom is 0.407 e. The zero-order valence-corrected chi connectivity index (χ0v) is 23.3. The fraction of sp³-hybridized carbons (Fsp3) is 0.517. The number of benzene rings is 1. The molecule has 1 aromatic carbocycles. The molecule has 1 aromatic heterocycles. The minimum absolute atomic E-state index is 0.0482. The average molecular weight is 553 g/mol. The summed E-state index contributed by atoms with van der Waals surface area (Å²) in [5.74, 6) is -0.396. The number of fused-ring (bicyclic) bond motifs is 1. The molecule has 0 radical (unpaired) electrons. The summed E-state index contributed by atoms with van der Waals surface area (Å²) in [4.78, 5) is 49.8. The van der Waals surface area contributed by atoms with Gasteiger partial charge in [0.15, 0.2) is 0 Å². The molecule has 5 rings (SSSR count). The van der Waals surface area contributed by atoms with Gasteiger partial charge in [-0.3, -0.25) is 24.4 Å². The number of rotatable bonds is 6. The van der Waals surface area contributed by atoms with E-state index in [1.807, 2.05) is 24.1 Å². The zero-order valence-electron chi connectivity index (χ0n) is 23.3. The van der Waals surface area contributed by atoms with Gasteiger partial charge in [0, 0.05) is 63.0 Å². The van der Waals surface area contributed by atoms with E-state index in [4.69, 9.17) is 4.98 Å². The number of carbonyl (C=O) groups excluding carboxylic acids is 2. The molecule has 0 saturated carbocycles. The average Bonchev–Trinajstić information content (AvgIpc) is 3.17. The highest BCUT2D eigenvalue weighted by molar-refractivity contribution is 5.97. The van der Waals surface area contributed by atoms with E-state index in [1.54, 1.807) is 17.0 Å². The number of amides is 3. The van der Waals surface area contributed by atoms with Crippen LogP contribution in [0.25, 0.3) is 0 Å². The topological polar surface area (TPSA) is 109 Å². The first-order chi connectivity index (χ1) is 19.0. The van der Waals surface area contributed by atoms with Crippen LogP contribution in [0.15, 0.2) is 36.5 Å². The summed E-state index contributed by atoms with van der Waals surface area (Å²) in [6.07, 6.45) is 1.42. The van der Waals surface area contributed by atoms with Crippen LogP contribution in [0.5, 0.6) is 0 Å². The van der Waals surface area contributed by atoms with Gasteiger partial charge in [-0.1, -0.05) is 26.0 Å². The second kappa shape index (κ2) is 11.1. The molecule has 2 aromatic rings. The van der Waals surface area contributed by atoms with Crippen LogP contribution in [-0.2, 0) is 21.4 Å². The molecule has 2 atom stereocenters. The Morgan fingerprint density at radius 1 is 1.18 bits per heavy atom. The third-order valence-corrected chi connectivity index (χ3v) is 8.16. The molecule has 3 amide bonds. The van der Waals surface area contributed by atoms with Crippen molar-refractivity contribution < 1.29 is 23.9 Å². The fourth-order valence-electron chi connectivity index (χ4n) is 6.08. The first kappa shape index (κ1) is 28.0. The second-order valence-corrected chi connectivity index (χ2v) is 11.8. The zero-order chi connectivity index (χ0) is 28.6. The van der Waals surface area contributed by atoms with Crippen molar-refractivity contribution in [1.82, 2.24) is 25.0 Å². The summed E-state index contributed by atoms with van der Waals surface area (Å²) in [6, 6.07) is 7.89. The molecule has 2 saturated heterocycles. The van der Waals surface area contributed by atoms with Crippen molar-refractivity contribution in [1.29, 1.82) is 0 Å². The van der Waals surface area contributed by atoms with Crippen molar-refractivity contribution in [3.8, 4) is 0 Å². The summed E-state index contributed by atoms with van der Waals surface area (Å²) in [5.41, 5.74) is 3.22. The van der Waals surface area contributed by atoms with Gasteiger partial charge in [-0.05, 0) is 42.7 Å². The lowest BCUT2D eigenvalue weighted by Crippen LogP contribution is -2.64. The summed E-state index contributed by atoms with van der Waals surface area (Å²) in [5, 5.41) is 12.6. The highest BCUT2D eigenvalue weighted by Crippen LogP contribution is 2.40. The Kier molecular flexibility index (Phi) is 7.78. The Morgan fingerprint density at radius 3 is 2.62 bits per heavy atom. The maximum atomic E-state index is 13.9. The summed E-state index contributed by atoms with van der Waals surface area (Å²) >= 11 is 0. The quantitative estimate of drug-likeness (QED) is 0.564. The molecule has 0 spiro atoms. The predicted octanol–water partition coefficient (Wildman–Crippen LogP) is 1.92. The van der Waals surface area contributed by atoms with Crippen LogP contribution < -0.4 is 10.2 Å². The normalized spacial score (nSPS) is 23.1. The van der Waals surface area contributed by atoms with Crippen molar-refractivity contribution in [3.63, 3.8) is 0 Å². The molecule has 10 nitrogen and oxygen atoms in total. The van der Waals surface area contributed by atoms with Gasteiger partial charge in [0.2, 0.25) is 11.8 Å². The summed E-state index contributed by atoms with van der Waals surface area (Å²) < 4.78 is 13.4. The van der Waals surface area contributed by atoms with Gasteiger partial charge in [0.25, 0.3) is 0 Å². The molecule has 40 heavy (non-hydrogen) atoms. The van der Waals surface area contributed by atoms with E-state index in [-0.39, 0.29) is 54.8 Å². The summed E-state index contributed by atoms with van der Waals surface area (Å²) in [7, 11) is 0. The highest BCUT2D eigenvalue weighted by Gasteiger charge is 2.42. The van der Waals surface area contributed by atoms with E-state index >= 15 is 0 Å². The number of hydrogen-bond donors (Lipinski definition) is 2. The molecule has 2 fully saturated rings. The molecular weight excluding hydrogens is 515 g/mol. The minimum Gasteiger partial charge on any atom is -0.465 e. The molecule has 11 heteroatoms. The number of carboxylic acid groups (broad SMARTS) is 1. The Balaban J connectivity index is 1.35. The second-order valence-electron chi connectivity index (χ2n) is 11.8. The standard InChI is InChI=1S/C29H37FN6O4/c1-19-13-34(23(15-35(19)28(39)40)14-33-9-8-31-25(37)16-33)17-26(38)36-18-29(2,3)27-24(36)11-21(12-32-27)10-20-4-6-22(30)7-5-20/h4-7,11-12,19,23H,8-10,13-18H2,1-3H3,(H,31,37)(H,39,40)/t19-,23+/m1/s1. The van der Waals surface area contributed by atoms with Gasteiger partial charge < -0.3 is 20.2 Å². The Morgan fingerprint density at radius 2 is 1.93 bits per heavy atom. The van der Waals surface area contributed by atoms with Crippen molar-refractivity contribution in [2.45, 2.75) is 44.7 Å². The van der Waals surface area contributed by atoms with Crippen molar-refractivity contribution in [3.05, 3.63) is 59.2 Å². The largest absolute Gasteiger partial charge is 0.465 e. The number of hydrogen-bond acceptors (Lipinski definition) is 6. The molecule has 214 valence electrons. The van der Waals surface area contributed by atoms with Gasteiger partial charge in [0.05, 0.1) is 24.5 Å². The monoisotopic (exact) mass is 552 g/mol. The Bertz CT molecular complexity index is 1290. The van der Waals surface area contributed by atoms with Gasteiger partial charge >= 0.3 is 6.09 Å². The van der Waals surface area contributed by atoms with Crippen molar-refractivity contribution in [2.24, 2.45) is 0 Å². The Hall–Kier alpha value is -3.57. The maximum absolute atomic E-state index is 13.9.